The predicted molar refractivity (Wildman–Crippen MR) is 272 cm³/mol. The zero-order valence-corrected chi connectivity index (χ0v) is 45.1. The van der Waals surface area contributed by atoms with Crippen LogP contribution in [0, 0.1) is 105 Å². The molecule has 0 heterocycles. The highest BCUT2D eigenvalue weighted by molar-refractivity contribution is 5.92. The monoisotopic (exact) mass is 957 g/mol. The summed E-state index contributed by atoms with van der Waals surface area (Å²) in [6.45, 7) is 23.6. The summed E-state index contributed by atoms with van der Waals surface area (Å²) < 4.78 is 22.1. The first-order valence-electron chi connectivity index (χ1n) is 28.8. The molecule has 0 amide bonds. The summed E-state index contributed by atoms with van der Waals surface area (Å²) in [5.74, 6) is 6.66. The maximum atomic E-state index is 12.9. The van der Waals surface area contributed by atoms with Crippen LogP contribution in [-0.2, 0) is 38.1 Å². The molecule has 0 saturated heterocycles. The standard InChI is InChI=1S/C61H96O8/c1-38(2)13-11-15-40(5)48-21-23-50-46-19-17-42-33-44(25-29-58(42,7)52(46)27-31-60(48,50)9)68-56(64)36-66-54(62)35-55(63)67-37-57(65)69-45-26-30-59(8)43(34-45)18-20-47-51-24-22-49(41(6)16-12-14-39(3)4)61(51,10)32-28-53(47)59/h17-20,38-53H,11-16,21-37H2,1-10H3/t40-,41-,42?,43?,44?,45?,46+,47+,48-,49-,50+,51+,52+,53+,58+,59+,60-,61-/m1/s1. The van der Waals surface area contributed by atoms with Gasteiger partial charge in [-0.05, 0) is 194 Å². The van der Waals surface area contributed by atoms with Crippen LogP contribution in [0.1, 0.15) is 204 Å². The van der Waals surface area contributed by atoms with E-state index in [4.69, 9.17) is 18.9 Å². The van der Waals surface area contributed by atoms with Crippen LogP contribution in [0.4, 0.5) is 0 Å². The lowest BCUT2D eigenvalue weighted by molar-refractivity contribution is -0.171. The molecule has 8 nitrogen and oxygen atoms in total. The van der Waals surface area contributed by atoms with Gasteiger partial charge in [0.05, 0.1) is 0 Å². The second kappa shape index (κ2) is 21.4. The van der Waals surface area contributed by atoms with Gasteiger partial charge >= 0.3 is 23.9 Å². The van der Waals surface area contributed by atoms with Crippen molar-refractivity contribution >= 4 is 23.9 Å². The van der Waals surface area contributed by atoms with Crippen molar-refractivity contribution < 1.29 is 38.1 Å². The second-order valence-electron chi connectivity index (χ2n) is 26.9. The van der Waals surface area contributed by atoms with E-state index >= 15 is 0 Å². The Morgan fingerprint density at radius 1 is 0.464 bits per heavy atom. The van der Waals surface area contributed by atoms with Crippen molar-refractivity contribution in [2.45, 2.75) is 216 Å². The number of ether oxygens (including phenoxy) is 4. The van der Waals surface area contributed by atoms with E-state index in [2.05, 4.69) is 93.5 Å². The molecule has 388 valence electrons. The van der Waals surface area contributed by atoms with E-state index in [0.717, 1.165) is 85.9 Å². The number of fused-ring (bicyclic) bond motifs is 10. The van der Waals surface area contributed by atoms with E-state index in [1.54, 1.807) is 0 Å². The van der Waals surface area contributed by atoms with E-state index in [1.807, 2.05) is 0 Å². The first-order valence-corrected chi connectivity index (χ1v) is 28.8. The molecule has 0 bridgehead atoms. The largest absolute Gasteiger partial charge is 0.460 e. The summed E-state index contributed by atoms with van der Waals surface area (Å²) in [7, 11) is 0. The number of hydrogen-bond acceptors (Lipinski definition) is 8. The van der Waals surface area contributed by atoms with Gasteiger partial charge in [-0.3, -0.25) is 9.59 Å². The van der Waals surface area contributed by atoms with E-state index in [-0.39, 0.29) is 23.0 Å². The van der Waals surface area contributed by atoms with Crippen LogP contribution in [0.15, 0.2) is 24.3 Å². The van der Waals surface area contributed by atoms with Crippen LogP contribution < -0.4 is 0 Å². The molecule has 0 N–H and O–H groups in total. The highest BCUT2D eigenvalue weighted by atomic mass is 16.6. The van der Waals surface area contributed by atoms with Crippen molar-refractivity contribution in [3.8, 4) is 0 Å². The fourth-order valence-corrected chi connectivity index (χ4v) is 18.4. The maximum absolute atomic E-state index is 12.9. The number of hydrogen-bond donors (Lipinski definition) is 0. The average Bonchev–Trinajstić information content (AvgIpc) is 3.84. The molecule has 0 radical (unpaired) electrons. The minimum absolute atomic E-state index is 0.196. The minimum Gasteiger partial charge on any atom is -0.460 e. The number of esters is 4. The average molecular weight is 957 g/mol. The summed E-state index contributed by atoms with van der Waals surface area (Å²) >= 11 is 0. The molecule has 0 spiro atoms. The summed E-state index contributed by atoms with van der Waals surface area (Å²) in [6, 6.07) is 0. The van der Waals surface area contributed by atoms with Crippen LogP contribution >= 0.6 is 0 Å². The Hall–Kier alpha value is -2.64. The SMILES string of the molecule is CC(C)CCC[C@@H](C)[C@H]1CC[C@H]2[C@@H]3C=CC4CC(OC(=O)COC(=O)CC(=O)OCC(=O)OC5CC[C@@]6(C)C(C=C[C@H]7[C@@H]8CC[C@H]([C@H](C)CCCC(C)C)[C@@]8(C)CC[C@@H]76)C5)CC[C@]4(C)[C@H]3CC[C@]12C. The smallest absolute Gasteiger partial charge is 0.344 e. The molecule has 18 atom stereocenters. The van der Waals surface area contributed by atoms with Gasteiger partial charge in [-0.25, -0.2) is 9.59 Å². The molecule has 8 rings (SSSR count). The molecular weight excluding hydrogens is 861 g/mol. The van der Waals surface area contributed by atoms with E-state index < -0.39 is 43.5 Å². The van der Waals surface area contributed by atoms with Gasteiger partial charge in [0, 0.05) is 0 Å². The van der Waals surface area contributed by atoms with Gasteiger partial charge in [0.25, 0.3) is 0 Å². The van der Waals surface area contributed by atoms with Gasteiger partial charge in [-0.15, -0.1) is 0 Å². The zero-order valence-electron chi connectivity index (χ0n) is 45.1. The highest BCUT2D eigenvalue weighted by Crippen LogP contribution is 2.69. The van der Waals surface area contributed by atoms with Gasteiger partial charge in [-0.2, -0.15) is 0 Å². The number of carbonyl (C=O) groups excluding carboxylic acids is 4. The van der Waals surface area contributed by atoms with E-state index in [9.17, 15) is 19.2 Å². The lowest BCUT2D eigenvalue weighted by atomic mass is 9.46. The van der Waals surface area contributed by atoms with Crippen LogP contribution in [0.25, 0.3) is 0 Å². The fourth-order valence-electron chi connectivity index (χ4n) is 18.4. The molecule has 69 heavy (non-hydrogen) atoms. The molecular formula is C61H96O8. The normalized spacial score (nSPS) is 41.7. The van der Waals surface area contributed by atoms with Gasteiger partial charge < -0.3 is 18.9 Å². The molecule has 0 aromatic rings. The molecule has 8 aliphatic carbocycles. The lowest BCUT2D eigenvalue weighted by Gasteiger charge is -2.59. The van der Waals surface area contributed by atoms with Gasteiger partial charge in [0.15, 0.2) is 13.2 Å². The third kappa shape index (κ3) is 10.9. The molecule has 8 aliphatic rings. The summed E-state index contributed by atoms with van der Waals surface area (Å²) in [4.78, 5) is 51.0. The Labute approximate surface area is 418 Å². The van der Waals surface area contributed by atoms with Crippen molar-refractivity contribution in [3.63, 3.8) is 0 Å². The Balaban J connectivity index is 0.729. The molecule has 0 aliphatic heterocycles. The van der Waals surface area contributed by atoms with E-state index in [1.165, 1.54) is 89.9 Å². The Kier molecular flexibility index (Phi) is 16.4. The molecule has 8 heteroatoms. The predicted octanol–water partition coefficient (Wildman–Crippen LogP) is 14.1. The van der Waals surface area contributed by atoms with Crippen LogP contribution in [0.3, 0.4) is 0 Å². The summed E-state index contributed by atoms with van der Waals surface area (Å²) in [6.07, 6.45) is 32.9. The Bertz CT molecular complexity index is 1750. The molecule has 6 fully saturated rings. The molecule has 0 aromatic carbocycles. The second-order valence-corrected chi connectivity index (χ2v) is 26.9. The Morgan fingerprint density at radius 2 is 0.841 bits per heavy atom. The minimum atomic E-state index is -0.882. The number of rotatable bonds is 18. The van der Waals surface area contributed by atoms with Crippen molar-refractivity contribution in [2.75, 3.05) is 13.2 Å². The number of carbonyl (C=O) groups is 4. The molecule has 4 unspecified atom stereocenters. The van der Waals surface area contributed by atoms with E-state index in [0.29, 0.717) is 46.3 Å². The third-order valence-corrected chi connectivity index (χ3v) is 22.2. The quantitative estimate of drug-likeness (QED) is 0.0579. The Morgan fingerprint density at radius 3 is 1.23 bits per heavy atom. The third-order valence-electron chi connectivity index (χ3n) is 22.2. The van der Waals surface area contributed by atoms with Gasteiger partial charge in [0.2, 0.25) is 0 Å². The zero-order chi connectivity index (χ0) is 49.5. The first-order chi connectivity index (χ1) is 32.7. The van der Waals surface area contributed by atoms with Gasteiger partial charge in [-0.1, -0.05) is 132 Å². The first kappa shape index (κ1) is 52.7. The lowest BCUT2D eigenvalue weighted by Crippen LogP contribution is -2.52. The van der Waals surface area contributed by atoms with Crippen molar-refractivity contribution in [1.29, 1.82) is 0 Å². The van der Waals surface area contributed by atoms with Crippen LogP contribution in [-0.4, -0.2) is 49.3 Å². The summed E-state index contributed by atoms with van der Waals surface area (Å²) in [5, 5.41) is 0. The van der Waals surface area contributed by atoms with Crippen LogP contribution in [0.2, 0.25) is 0 Å². The molecule has 0 aromatic heterocycles. The van der Waals surface area contributed by atoms with Crippen molar-refractivity contribution in [3.05, 3.63) is 24.3 Å². The fraction of sp³-hybridized carbons (Fsp3) is 0.869. The summed E-state index contributed by atoms with van der Waals surface area (Å²) in [5.41, 5.74) is 1.25. The molecule has 6 saturated carbocycles. The van der Waals surface area contributed by atoms with Gasteiger partial charge in [0.1, 0.15) is 18.6 Å². The highest BCUT2D eigenvalue weighted by Gasteiger charge is 2.61. The maximum Gasteiger partial charge on any atom is 0.344 e. The van der Waals surface area contributed by atoms with Crippen molar-refractivity contribution in [2.24, 2.45) is 105 Å². The van der Waals surface area contributed by atoms with Crippen LogP contribution in [0.5, 0.6) is 0 Å². The topological polar surface area (TPSA) is 105 Å². The number of allylic oxidation sites excluding steroid dienone is 4. The van der Waals surface area contributed by atoms with Crippen molar-refractivity contribution in [1.82, 2.24) is 0 Å².